The van der Waals surface area contributed by atoms with Crippen molar-refractivity contribution < 1.29 is 28.1 Å². The number of hydrogen-bond donors (Lipinski definition) is 3. The zero-order chi connectivity index (χ0) is 14.7. The molecule has 2 unspecified atom stereocenters. The zero-order valence-corrected chi connectivity index (χ0v) is 11.4. The minimum atomic E-state index is -4.27. The number of aliphatic imine (C=N–C) groups is 1. The van der Waals surface area contributed by atoms with Crippen LogP contribution in [0.15, 0.2) is 4.99 Å². The van der Waals surface area contributed by atoms with E-state index < -0.39 is 47.8 Å². The second-order valence-electron chi connectivity index (χ2n) is 5.31. The summed E-state index contributed by atoms with van der Waals surface area (Å²) in [5.74, 6) is -2.21. The first-order chi connectivity index (χ1) is 9.32. The van der Waals surface area contributed by atoms with Crippen LogP contribution in [0, 0.1) is 11.8 Å². The molecule has 3 fully saturated rings. The Bertz CT molecular complexity index is 434. The van der Waals surface area contributed by atoms with Crippen LogP contribution in [0.2, 0.25) is 0 Å². The Labute approximate surface area is 117 Å². The van der Waals surface area contributed by atoms with Crippen molar-refractivity contribution in [2.24, 2.45) is 16.8 Å². The lowest BCUT2D eigenvalue weighted by Gasteiger charge is -2.39. The van der Waals surface area contributed by atoms with Gasteiger partial charge in [0.05, 0.1) is 18.1 Å². The number of thioether (sulfide) groups is 1. The molecule has 0 amide bonds. The van der Waals surface area contributed by atoms with Gasteiger partial charge in [-0.25, -0.2) is 0 Å². The van der Waals surface area contributed by atoms with Gasteiger partial charge in [-0.1, -0.05) is 11.8 Å². The Hall–Kier alpha value is -0.510. The molecule has 9 heteroatoms. The van der Waals surface area contributed by atoms with E-state index in [4.69, 9.17) is 4.74 Å². The predicted molar refractivity (Wildman–Crippen MR) is 66.2 cm³/mol. The van der Waals surface area contributed by atoms with Gasteiger partial charge in [0.25, 0.3) is 0 Å². The first-order valence-electron chi connectivity index (χ1n) is 6.31. The maximum atomic E-state index is 12.6. The van der Waals surface area contributed by atoms with Crippen LogP contribution >= 0.6 is 11.8 Å². The van der Waals surface area contributed by atoms with Gasteiger partial charge in [0, 0.05) is 7.05 Å². The quantitative estimate of drug-likeness (QED) is 0.650. The number of alkyl halides is 3. The van der Waals surface area contributed by atoms with Gasteiger partial charge < -0.3 is 20.3 Å². The van der Waals surface area contributed by atoms with Crippen molar-refractivity contribution in [3.05, 3.63) is 0 Å². The summed E-state index contributed by atoms with van der Waals surface area (Å²) in [5.41, 5.74) is -0.522. The highest BCUT2D eigenvalue weighted by atomic mass is 32.2. The van der Waals surface area contributed by atoms with E-state index in [0.717, 1.165) is 0 Å². The molecular formula is C11H15F3N2O3S. The molecule has 1 saturated carbocycles. The van der Waals surface area contributed by atoms with E-state index in [9.17, 15) is 23.4 Å². The van der Waals surface area contributed by atoms with Crippen LogP contribution in [0.25, 0.3) is 0 Å². The first kappa shape index (κ1) is 14.4. The molecule has 3 rings (SSSR count). The number of halogens is 3. The first-order valence-corrected chi connectivity index (χ1v) is 7.19. The molecule has 7 atom stereocenters. The van der Waals surface area contributed by atoms with Gasteiger partial charge >= 0.3 is 6.18 Å². The molecule has 5 nitrogen and oxygen atoms in total. The van der Waals surface area contributed by atoms with Gasteiger partial charge in [0.2, 0.25) is 0 Å². The molecular weight excluding hydrogens is 297 g/mol. The fourth-order valence-electron chi connectivity index (χ4n) is 2.85. The van der Waals surface area contributed by atoms with Crippen molar-refractivity contribution in [3.63, 3.8) is 0 Å². The number of fused-ring (bicyclic) bond motifs is 1. The highest BCUT2D eigenvalue weighted by Crippen LogP contribution is 2.54. The molecule has 3 aliphatic rings. The van der Waals surface area contributed by atoms with Gasteiger partial charge in [-0.3, -0.25) is 4.99 Å². The number of ether oxygens (including phenoxy) is 1. The Morgan fingerprint density at radius 3 is 2.60 bits per heavy atom. The van der Waals surface area contributed by atoms with Gasteiger partial charge in [-0.15, -0.1) is 0 Å². The van der Waals surface area contributed by atoms with E-state index in [1.54, 1.807) is 7.05 Å². The Kier molecular flexibility index (Phi) is 3.43. The Balaban J connectivity index is 1.72. The van der Waals surface area contributed by atoms with Crippen LogP contribution in [-0.2, 0) is 4.74 Å². The summed E-state index contributed by atoms with van der Waals surface area (Å²) >= 11 is 1.22. The molecule has 0 spiro atoms. The topological polar surface area (TPSA) is 74.1 Å². The maximum Gasteiger partial charge on any atom is 0.392 e. The number of rotatable bonds is 1. The average Bonchev–Trinajstić information content (AvgIpc) is 3.07. The highest BCUT2D eigenvalue weighted by molar-refractivity contribution is 8.14. The van der Waals surface area contributed by atoms with E-state index in [1.165, 1.54) is 11.8 Å². The molecule has 20 heavy (non-hydrogen) atoms. The number of nitrogens with one attached hydrogen (secondary N) is 1. The predicted octanol–water partition coefficient (Wildman–Crippen LogP) is 0.322. The van der Waals surface area contributed by atoms with E-state index >= 15 is 0 Å². The lowest BCUT2D eigenvalue weighted by molar-refractivity contribution is -0.184. The van der Waals surface area contributed by atoms with Crippen molar-refractivity contribution in [2.45, 2.75) is 42.4 Å². The van der Waals surface area contributed by atoms with Crippen LogP contribution in [0.4, 0.5) is 13.2 Å². The molecule has 2 saturated heterocycles. The highest BCUT2D eigenvalue weighted by Gasteiger charge is 2.63. The Morgan fingerprint density at radius 1 is 1.35 bits per heavy atom. The van der Waals surface area contributed by atoms with Crippen LogP contribution < -0.4 is 5.32 Å². The molecule has 1 aliphatic carbocycles. The second-order valence-corrected chi connectivity index (χ2v) is 6.40. The largest absolute Gasteiger partial charge is 0.392 e. The lowest BCUT2D eigenvalue weighted by Crippen LogP contribution is -2.59. The molecule has 0 bridgehead atoms. The smallest absolute Gasteiger partial charge is 0.388 e. The zero-order valence-electron chi connectivity index (χ0n) is 10.5. The lowest BCUT2D eigenvalue weighted by atomic mass is 9.94. The molecule has 0 radical (unpaired) electrons. The van der Waals surface area contributed by atoms with Crippen molar-refractivity contribution in [2.75, 3.05) is 7.05 Å². The van der Waals surface area contributed by atoms with Crippen molar-refractivity contribution in [3.8, 4) is 0 Å². The molecule has 3 N–H and O–H groups in total. The van der Waals surface area contributed by atoms with Crippen LogP contribution in [0.5, 0.6) is 0 Å². The maximum absolute atomic E-state index is 12.6. The molecule has 2 aliphatic heterocycles. The normalized spacial score (nSPS) is 49.9. The second kappa shape index (κ2) is 4.75. The van der Waals surface area contributed by atoms with Crippen molar-refractivity contribution in [1.29, 1.82) is 0 Å². The summed E-state index contributed by atoms with van der Waals surface area (Å²) in [4.78, 5) is 3.93. The van der Waals surface area contributed by atoms with Crippen molar-refractivity contribution in [1.82, 2.24) is 5.32 Å². The van der Waals surface area contributed by atoms with E-state index in [2.05, 4.69) is 10.3 Å². The third kappa shape index (κ3) is 2.30. The number of nitrogens with zero attached hydrogens (tertiary/aromatic N) is 1. The summed E-state index contributed by atoms with van der Waals surface area (Å²) in [6, 6.07) is -0.548. The molecule has 0 aromatic rings. The molecule has 0 aromatic carbocycles. The summed E-state index contributed by atoms with van der Waals surface area (Å²) < 4.78 is 43.4. The van der Waals surface area contributed by atoms with Crippen LogP contribution in [0.3, 0.4) is 0 Å². The van der Waals surface area contributed by atoms with E-state index in [0.29, 0.717) is 5.17 Å². The molecule has 2 heterocycles. The van der Waals surface area contributed by atoms with Crippen LogP contribution in [0.1, 0.15) is 6.42 Å². The van der Waals surface area contributed by atoms with Gasteiger partial charge in [-0.05, 0) is 12.3 Å². The summed E-state index contributed by atoms with van der Waals surface area (Å²) in [5, 5.41) is 23.5. The minimum absolute atomic E-state index is 0.0534. The fourth-order valence-corrected chi connectivity index (χ4v) is 3.94. The Morgan fingerprint density at radius 2 is 2.05 bits per heavy atom. The monoisotopic (exact) mass is 312 g/mol. The summed E-state index contributed by atoms with van der Waals surface area (Å²) in [6.45, 7) is 0. The number of aliphatic hydroxyl groups excluding tert-OH is 2. The van der Waals surface area contributed by atoms with Crippen molar-refractivity contribution >= 4 is 16.9 Å². The number of amidine groups is 1. The number of hydrogen-bond acceptors (Lipinski definition) is 5. The minimum Gasteiger partial charge on any atom is -0.388 e. The SMILES string of the molecule is CN=C1N[C@@H]2[C@@H](O)[C@H](O)C(C3C[C@H]3C(F)(F)F)O[C@@H]2S1. The summed E-state index contributed by atoms with van der Waals surface area (Å²) in [6.07, 6.45) is -7.80. The third-order valence-electron chi connectivity index (χ3n) is 4.04. The molecule has 0 aromatic heterocycles. The van der Waals surface area contributed by atoms with Gasteiger partial charge in [0.15, 0.2) is 5.17 Å². The van der Waals surface area contributed by atoms with Gasteiger partial charge in [0.1, 0.15) is 17.6 Å². The standard InChI is InChI=1S/C11H15F3N2O3S/c1-15-10-16-5-6(17)7(18)8(19-9(5)20-10)3-2-4(3)11(12,13)14/h3-9,17-18H,2H2,1H3,(H,15,16)/t3?,4-,5-,6-,7+,8?,9-/m1/s1. The fraction of sp³-hybridized carbons (Fsp3) is 0.909. The number of aliphatic hydroxyl groups is 2. The van der Waals surface area contributed by atoms with Gasteiger partial charge in [-0.2, -0.15) is 13.2 Å². The van der Waals surface area contributed by atoms with Crippen LogP contribution in [-0.4, -0.2) is 58.4 Å². The van der Waals surface area contributed by atoms with E-state index in [-0.39, 0.29) is 6.42 Å². The van der Waals surface area contributed by atoms with E-state index in [1.807, 2.05) is 0 Å². The summed E-state index contributed by atoms with van der Waals surface area (Å²) in [7, 11) is 1.56. The molecule has 114 valence electrons. The third-order valence-corrected chi connectivity index (χ3v) is 5.20. The average molecular weight is 312 g/mol.